The van der Waals surface area contributed by atoms with Crippen molar-refractivity contribution in [1.29, 1.82) is 0 Å². The summed E-state index contributed by atoms with van der Waals surface area (Å²) in [6, 6.07) is 20.6. The molecule has 1 aromatic heterocycles. The lowest BCUT2D eigenvalue weighted by Gasteiger charge is -2.28. The van der Waals surface area contributed by atoms with Crippen LogP contribution < -0.4 is 0 Å². The summed E-state index contributed by atoms with van der Waals surface area (Å²) in [5.74, 6) is 0. The largest absolute Gasteiger partial charge is 0.455 e. The van der Waals surface area contributed by atoms with Crippen molar-refractivity contribution in [2.24, 2.45) is 0 Å². The third-order valence-electron chi connectivity index (χ3n) is 15.0. The Morgan fingerprint density at radius 2 is 0.696 bits per heavy atom. The summed E-state index contributed by atoms with van der Waals surface area (Å²) in [5.41, 5.74) is 27.5. The lowest BCUT2D eigenvalue weighted by Crippen LogP contribution is -2.05. The standard InChI is InChI=1S/C55H54O/c1-25-27(3)33(9)48-46(31(25)7)52(42-22-23-44-41(24-42)21-20-40-18-16-17-19-43(40)44)47-32(8)26(2)28(4)34(10)49(47)53(48)45-36(12)38(14)55-51(39(45)15)50-35(11)29(5)30(6)37(13)54(50)56-55/h16-24H,1-15H3. The molecule has 0 aliphatic carbocycles. The fraction of sp³-hybridized carbons (Fsp3) is 0.273. The molecular formula is C55H54O. The Kier molecular flexibility index (Phi) is 7.96. The maximum atomic E-state index is 6.95. The zero-order valence-corrected chi connectivity index (χ0v) is 36.1. The van der Waals surface area contributed by atoms with Crippen molar-refractivity contribution in [2.75, 3.05) is 0 Å². The van der Waals surface area contributed by atoms with Gasteiger partial charge in [0.15, 0.2) is 0 Å². The zero-order valence-electron chi connectivity index (χ0n) is 36.1. The minimum absolute atomic E-state index is 1.03. The molecule has 0 unspecified atom stereocenters. The normalized spacial score (nSPS) is 12.2. The van der Waals surface area contributed by atoms with Crippen LogP contribution in [0.5, 0.6) is 0 Å². The van der Waals surface area contributed by atoms with Gasteiger partial charge < -0.3 is 4.42 Å². The molecule has 1 heteroatoms. The van der Waals surface area contributed by atoms with Gasteiger partial charge in [-0.15, -0.1) is 0 Å². The number of benzene rings is 8. The van der Waals surface area contributed by atoms with Crippen molar-refractivity contribution in [3.05, 3.63) is 138 Å². The summed E-state index contributed by atoms with van der Waals surface area (Å²) in [6.07, 6.45) is 0. The molecule has 0 spiro atoms. The van der Waals surface area contributed by atoms with Crippen LogP contribution in [0.15, 0.2) is 59.0 Å². The second kappa shape index (κ2) is 12.3. The van der Waals surface area contributed by atoms with E-state index in [1.54, 1.807) is 0 Å². The summed E-state index contributed by atoms with van der Waals surface area (Å²) >= 11 is 0. The van der Waals surface area contributed by atoms with E-state index in [0.717, 1.165) is 11.2 Å². The van der Waals surface area contributed by atoms with Gasteiger partial charge in [-0.3, -0.25) is 0 Å². The molecule has 0 amide bonds. The van der Waals surface area contributed by atoms with Crippen LogP contribution in [0.25, 0.3) is 87.3 Å². The predicted octanol–water partition coefficient (Wildman–Crippen LogP) is 16.2. The van der Waals surface area contributed by atoms with Crippen LogP contribution in [0.1, 0.15) is 83.5 Å². The van der Waals surface area contributed by atoms with Gasteiger partial charge in [-0.2, -0.15) is 0 Å². The van der Waals surface area contributed by atoms with E-state index in [2.05, 4.69) is 158 Å². The van der Waals surface area contributed by atoms with Crippen LogP contribution in [-0.2, 0) is 0 Å². The Morgan fingerprint density at radius 1 is 0.286 bits per heavy atom. The SMILES string of the molecule is Cc1c(C)c(C)c2c(oc3c(C)c(C)c(-c4c5c(C)c(C)c(C)c(C)c5c(-c5ccc6c(ccc7ccccc76)c5)c5c(C)c(C)c(C)c(C)c45)c(C)c32)c1C. The Balaban J connectivity index is 1.56. The van der Waals surface area contributed by atoms with Gasteiger partial charge in [-0.05, 0) is 259 Å². The number of furan rings is 1. The van der Waals surface area contributed by atoms with Gasteiger partial charge in [0.2, 0.25) is 0 Å². The molecule has 0 saturated heterocycles. The first-order valence-electron chi connectivity index (χ1n) is 20.4. The van der Waals surface area contributed by atoms with Gasteiger partial charge in [0.1, 0.15) is 11.2 Å². The molecule has 0 aliphatic rings. The second-order valence-corrected chi connectivity index (χ2v) is 17.2. The molecule has 9 rings (SSSR count). The molecule has 56 heavy (non-hydrogen) atoms. The molecule has 1 heterocycles. The van der Waals surface area contributed by atoms with Gasteiger partial charge in [0.25, 0.3) is 0 Å². The second-order valence-electron chi connectivity index (χ2n) is 17.2. The molecule has 1 nitrogen and oxygen atoms in total. The van der Waals surface area contributed by atoms with E-state index in [4.69, 9.17) is 4.42 Å². The Hall–Kier alpha value is -5.40. The topological polar surface area (TPSA) is 13.1 Å². The Morgan fingerprint density at radius 3 is 1.25 bits per heavy atom. The van der Waals surface area contributed by atoms with E-state index >= 15 is 0 Å². The van der Waals surface area contributed by atoms with Crippen LogP contribution in [0, 0.1) is 104 Å². The maximum absolute atomic E-state index is 6.95. The lowest BCUT2D eigenvalue weighted by atomic mass is 9.75. The first kappa shape index (κ1) is 36.3. The first-order chi connectivity index (χ1) is 26.6. The zero-order chi connectivity index (χ0) is 40.0. The van der Waals surface area contributed by atoms with E-state index in [-0.39, 0.29) is 0 Å². The summed E-state index contributed by atoms with van der Waals surface area (Å²) < 4.78 is 6.95. The molecule has 0 saturated carbocycles. The molecule has 0 atom stereocenters. The van der Waals surface area contributed by atoms with Crippen molar-refractivity contribution in [3.63, 3.8) is 0 Å². The van der Waals surface area contributed by atoms with Crippen LogP contribution in [0.2, 0.25) is 0 Å². The van der Waals surface area contributed by atoms with Gasteiger partial charge >= 0.3 is 0 Å². The Labute approximate surface area is 332 Å². The number of hydrogen-bond acceptors (Lipinski definition) is 1. The number of aryl methyl sites for hydroxylation is 8. The molecule has 0 aliphatic heterocycles. The van der Waals surface area contributed by atoms with Crippen LogP contribution in [0.3, 0.4) is 0 Å². The lowest BCUT2D eigenvalue weighted by molar-refractivity contribution is 0.661. The van der Waals surface area contributed by atoms with Crippen molar-refractivity contribution in [3.8, 4) is 22.3 Å². The fourth-order valence-electron chi connectivity index (χ4n) is 10.6. The first-order valence-corrected chi connectivity index (χ1v) is 20.4. The predicted molar refractivity (Wildman–Crippen MR) is 246 cm³/mol. The van der Waals surface area contributed by atoms with Gasteiger partial charge in [0, 0.05) is 10.8 Å². The maximum Gasteiger partial charge on any atom is 0.138 e. The molecule has 280 valence electrons. The Bertz CT molecular complexity index is 3190. The number of fused-ring (bicyclic) bond motifs is 8. The third kappa shape index (κ3) is 4.55. The highest BCUT2D eigenvalue weighted by atomic mass is 16.3. The smallest absolute Gasteiger partial charge is 0.138 e. The molecule has 0 radical (unpaired) electrons. The van der Waals surface area contributed by atoms with Crippen LogP contribution >= 0.6 is 0 Å². The average Bonchev–Trinajstić information content (AvgIpc) is 3.61. The van der Waals surface area contributed by atoms with Crippen molar-refractivity contribution in [1.82, 2.24) is 0 Å². The van der Waals surface area contributed by atoms with Gasteiger partial charge in [-0.1, -0.05) is 48.5 Å². The highest BCUT2D eigenvalue weighted by molar-refractivity contribution is 6.27. The van der Waals surface area contributed by atoms with E-state index < -0.39 is 0 Å². The fourth-order valence-corrected chi connectivity index (χ4v) is 10.6. The number of hydrogen-bond donors (Lipinski definition) is 0. The average molecular weight is 731 g/mol. The van der Waals surface area contributed by atoms with E-state index in [9.17, 15) is 0 Å². The molecular weight excluding hydrogens is 677 g/mol. The van der Waals surface area contributed by atoms with Gasteiger partial charge in [-0.25, -0.2) is 0 Å². The molecule has 0 fully saturated rings. The quantitative estimate of drug-likeness (QED) is 0.127. The molecule has 9 aromatic rings. The summed E-state index contributed by atoms with van der Waals surface area (Å²) in [5, 5.41) is 13.2. The highest BCUT2D eigenvalue weighted by Gasteiger charge is 2.30. The van der Waals surface area contributed by atoms with Crippen LogP contribution in [0.4, 0.5) is 0 Å². The van der Waals surface area contributed by atoms with Crippen molar-refractivity contribution >= 4 is 65.0 Å². The van der Waals surface area contributed by atoms with E-state index in [0.29, 0.717) is 0 Å². The summed E-state index contributed by atoms with van der Waals surface area (Å²) in [7, 11) is 0. The van der Waals surface area contributed by atoms with E-state index in [1.165, 1.54) is 160 Å². The molecule has 0 N–H and O–H groups in total. The summed E-state index contributed by atoms with van der Waals surface area (Å²) in [4.78, 5) is 0. The summed E-state index contributed by atoms with van der Waals surface area (Å²) in [6.45, 7) is 34.8. The van der Waals surface area contributed by atoms with E-state index in [1.807, 2.05) is 0 Å². The minimum atomic E-state index is 1.03. The molecule has 8 aromatic carbocycles. The van der Waals surface area contributed by atoms with Gasteiger partial charge in [0.05, 0.1) is 0 Å². The monoisotopic (exact) mass is 730 g/mol. The highest BCUT2D eigenvalue weighted by Crippen LogP contribution is 2.54. The third-order valence-corrected chi connectivity index (χ3v) is 15.0. The molecule has 0 bridgehead atoms. The number of rotatable bonds is 2. The van der Waals surface area contributed by atoms with Crippen molar-refractivity contribution < 1.29 is 4.42 Å². The van der Waals surface area contributed by atoms with Crippen molar-refractivity contribution in [2.45, 2.75) is 104 Å². The van der Waals surface area contributed by atoms with Crippen LogP contribution in [-0.4, -0.2) is 0 Å². The minimum Gasteiger partial charge on any atom is -0.455 e.